The first-order valence-electron chi connectivity index (χ1n) is 6.86. The Bertz CT molecular complexity index is 461. The molecule has 22 heavy (non-hydrogen) atoms. The highest BCUT2D eigenvalue weighted by atomic mass is 16.4. The number of aliphatic carboxylic acids is 1. The zero-order valence-electron chi connectivity index (χ0n) is 12.5. The van der Waals surface area contributed by atoms with E-state index in [1.54, 1.807) is 6.20 Å². The molecule has 124 valence electrons. The van der Waals surface area contributed by atoms with Crippen LogP contribution in [0.25, 0.3) is 0 Å². The lowest BCUT2D eigenvalue weighted by Gasteiger charge is -2.08. The molecule has 0 saturated heterocycles. The Morgan fingerprint density at radius 3 is 2.59 bits per heavy atom. The molecule has 0 atom stereocenters. The molecular formula is C13H22N4O5. The number of aryl methyl sites for hydroxylation is 2. The van der Waals surface area contributed by atoms with Gasteiger partial charge in [-0.2, -0.15) is 0 Å². The molecule has 0 fully saturated rings. The molecule has 1 heterocycles. The van der Waals surface area contributed by atoms with Gasteiger partial charge in [0, 0.05) is 38.4 Å². The summed E-state index contributed by atoms with van der Waals surface area (Å²) < 4.78 is 2.06. The van der Waals surface area contributed by atoms with Crippen molar-refractivity contribution in [2.45, 2.75) is 32.7 Å². The van der Waals surface area contributed by atoms with E-state index in [0.717, 1.165) is 25.2 Å². The van der Waals surface area contributed by atoms with Crippen LogP contribution in [0.1, 0.15) is 25.6 Å². The molecule has 9 heteroatoms. The van der Waals surface area contributed by atoms with Crippen LogP contribution in [0.15, 0.2) is 12.4 Å². The summed E-state index contributed by atoms with van der Waals surface area (Å²) >= 11 is 0. The molecule has 1 aromatic rings. The van der Waals surface area contributed by atoms with Crippen LogP contribution in [0.3, 0.4) is 0 Å². The van der Waals surface area contributed by atoms with Gasteiger partial charge in [-0.15, -0.1) is 0 Å². The fourth-order valence-corrected chi connectivity index (χ4v) is 1.65. The Morgan fingerprint density at radius 2 is 2.00 bits per heavy atom. The molecule has 0 aliphatic rings. The maximum Gasteiger partial charge on any atom is 0.314 e. The number of amides is 2. The highest BCUT2D eigenvalue weighted by Crippen LogP contribution is 1.99. The fourth-order valence-electron chi connectivity index (χ4n) is 1.65. The van der Waals surface area contributed by atoms with Gasteiger partial charge >= 0.3 is 12.0 Å². The van der Waals surface area contributed by atoms with Crippen molar-refractivity contribution in [2.24, 2.45) is 0 Å². The van der Waals surface area contributed by atoms with Gasteiger partial charge < -0.3 is 25.4 Å². The van der Waals surface area contributed by atoms with Crippen LogP contribution in [-0.2, 0) is 22.6 Å². The summed E-state index contributed by atoms with van der Waals surface area (Å²) in [6, 6.07) is -0.331. The predicted molar refractivity (Wildman–Crippen MR) is 78.6 cm³/mol. The van der Waals surface area contributed by atoms with Crippen molar-refractivity contribution < 1.29 is 24.6 Å². The van der Waals surface area contributed by atoms with Gasteiger partial charge in [-0.05, 0) is 6.42 Å². The minimum Gasteiger partial charge on any atom is -0.483 e. The van der Waals surface area contributed by atoms with Crippen molar-refractivity contribution in [3.63, 3.8) is 0 Å². The minimum absolute atomic E-state index is 0.0671. The number of nitrogens with zero attached hydrogens (tertiary/aromatic N) is 2. The van der Waals surface area contributed by atoms with Crippen molar-refractivity contribution in [1.82, 2.24) is 20.2 Å². The topological polar surface area (TPSA) is 134 Å². The average Bonchev–Trinajstić information content (AvgIpc) is 2.91. The van der Waals surface area contributed by atoms with Crippen LogP contribution in [-0.4, -0.2) is 51.3 Å². The lowest BCUT2D eigenvalue weighted by atomic mass is 10.4. The number of carbonyl (C=O) groups is 3. The predicted octanol–water partition coefficient (Wildman–Crippen LogP) is 0.310. The number of hydrogen-bond donors (Lipinski definition) is 4. The summed E-state index contributed by atoms with van der Waals surface area (Å²) in [7, 11) is 0. The van der Waals surface area contributed by atoms with Crippen molar-refractivity contribution in [3.05, 3.63) is 18.2 Å². The summed E-state index contributed by atoms with van der Waals surface area (Å²) in [5, 5.41) is 20.5. The van der Waals surface area contributed by atoms with Crippen LogP contribution in [0.5, 0.6) is 0 Å². The number of rotatable bonds is 8. The molecule has 9 nitrogen and oxygen atoms in total. The molecule has 0 saturated carbocycles. The second kappa shape index (κ2) is 12.2. The molecule has 2 amide bonds. The van der Waals surface area contributed by atoms with E-state index in [-0.39, 0.29) is 25.5 Å². The summed E-state index contributed by atoms with van der Waals surface area (Å²) in [5.41, 5.74) is 0. The number of carbonyl (C=O) groups excluding carboxylic acids is 1. The lowest BCUT2D eigenvalue weighted by molar-refractivity contribution is -0.136. The highest BCUT2D eigenvalue weighted by Gasteiger charge is 2.02. The van der Waals surface area contributed by atoms with Crippen molar-refractivity contribution >= 4 is 18.5 Å². The van der Waals surface area contributed by atoms with Crippen LogP contribution in [0, 0.1) is 0 Å². The van der Waals surface area contributed by atoms with E-state index in [2.05, 4.69) is 20.2 Å². The summed E-state index contributed by atoms with van der Waals surface area (Å²) in [5.74, 6) is 0.110. The van der Waals surface area contributed by atoms with Gasteiger partial charge in [0.1, 0.15) is 5.82 Å². The smallest absolute Gasteiger partial charge is 0.314 e. The van der Waals surface area contributed by atoms with Crippen molar-refractivity contribution in [3.8, 4) is 0 Å². The minimum atomic E-state index is -0.924. The van der Waals surface area contributed by atoms with Crippen molar-refractivity contribution in [2.75, 3.05) is 13.1 Å². The van der Waals surface area contributed by atoms with E-state index >= 15 is 0 Å². The van der Waals surface area contributed by atoms with Gasteiger partial charge in [0.2, 0.25) is 0 Å². The number of carboxylic acid groups (broad SMARTS) is 2. The van der Waals surface area contributed by atoms with Crippen molar-refractivity contribution in [1.29, 1.82) is 0 Å². The summed E-state index contributed by atoms with van der Waals surface area (Å²) in [6.07, 6.45) is 5.31. The quantitative estimate of drug-likeness (QED) is 0.403. The largest absolute Gasteiger partial charge is 0.483 e. The zero-order valence-corrected chi connectivity index (χ0v) is 12.5. The Balaban J connectivity index is 0.00000135. The Morgan fingerprint density at radius 1 is 1.36 bits per heavy atom. The van der Waals surface area contributed by atoms with Gasteiger partial charge in [-0.3, -0.25) is 9.59 Å². The van der Waals surface area contributed by atoms with Crippen LogP contribution < -0.4 is 10.6 Å². The molecule has 0 bridgehead atoms. The molecule has 0 spiro atoms. The van der Waals surface area contributed by atoms with Crippen LogP contribution >= 0.6 is 0 Å². The zero-order chi connectivity index (χ0) is 16.8. The number of hydrogen-bond acceptors (Lipinski definition) is 4. The first kappa shape index (κ1) is 19.4. The summed E-state index contributed by atoms with van der Waals surface area (Å²) in [4.78, 5) is 34.1. The SMILES string of the molecule is CCc1nccn1CCCNC(=O)NCCC(=O)O.O=CO. The lowest BCUT2D eigenvalue weighted by Crippen LogP contribution is -2.37. The van der Waals surface area contributed by atoms with E-state index < -0.39 is 5.97 Å². The molecule has 0 aliphatic carbocycles. The number of nitrogens with one attached hydrogen (secondary N) is 2. The van der Waals surface area contributed by atoms with Gasteiger partial charge in [-0.25, -0.2) is 9.78 Å². The van der Waals surface area contributed by atoms with Crippen LogP contribution in [0.2, 0.25) is 0 Å². The molecule has 1 aromatic heterocycles. The number of carboxylic acids is 1. The Kier molecular flexibility index (Phi) is 10.8. The Hall–Kier alpha value is -2.58. The fraction of sp³-hybridized carbons (Fsp3) is 0.538. The maximum absolute atomic E-state index is 11.3. The third-order valence-electron chi connectivity index (χ3n) is 2.60. The first-order valence-corrected chi connectivity index (χ1v) is 6.86. The third-order valence-corrected chi connectivity index (χ3v) is 2.60. The van der Waals surface area contributed by atoms with E-state index in [0.29, 0.717) is 6.54 Å². The van der Waals surface area contributed by atoms with Crippen LogP contribution in [0.4, 0.5) is 4.79 Å². The molecule has 0 aromatic carbocycles. The average molecular weight is 314 g/mol. The van der Waals surface area contributed by atoms with Gasteiger partial charge in [-0.1, -0.05) is 6.92 Å². The molecule has 4 N–H and O–H groups in total. The van der Waals surface area contributed by atoms with Gasteiger partial charge in [0.15, 0.2) is 0 Å². The highest BCUT2D eigenvalue weighted by molar-refractivity contribution is 5.74. The second-order valence-electron chi connectivity index (χ2n) is 4.18. The van der Waals surface area contributed by atoms with E-state index in [4.69, 9.17) is 15.0 Å². The summed E-state index contributed by atoms with van der Waals surface area (Å²) in [6.45, 7) is 3.29. The second-order valence-corrected chi connectivity index (χ2v) is 4.18. The number of aromatic nitrogens is 2. The van der Waals surface area contributed by atoms with Gasteiger partial charge in [0.25, 0.3) is 6.47 Å². The van der Waals surface area contributed by atoms with Gasteiger partial charge in [0.05, 0.1) is 6.42 Å². The maximum atomic E-state index is 11.3. The normalized spacial score (nSPS) is 9.32. The molecule has 0 aliphatic heterocycles. The third kappa shape index (κ3) is 9.34. The first-order chi connectivity index (χ1) is 10.5. The molecular weight excluding hydrogens is 292 g/mol. The van der Waals surface area contributed by atoms with E-state index in [9.17, 15) is 9.59 Å². The van der Waals surface area contributed by atoms with E-state index in [1.165, 1.54) is 0 Å². The number of urea groups is 1. The molecule has 1 rings (SSSR count). The number of imidazole rings is 1. The molecule has 0 radical (unpaired) electrons. The standard InChI is InChI=1S/C12H20N4O3.CH2O2/c1-2-10-13-7-9-16(10)8-3-5-14-12(19)15-6-4-11(17)18;2-1-3/h7,9H,2-6,8H2,1H3,(H,17,18)(H2,14,15,19);1H,(H,2,3). The Labute approximate surface area is 128 Å². The monoisotopic (exact) mass is 314 g/mol. The van der Waals surface area contributed by atoms with E-state index in [1.807, 2.05) is 13.1 Å². The molecule has 0 unspecified atom stereocenters.